The summed E-state index contributed by atoms with van der Waals surface area (Å²) in [6.07, 6.45) is 1.45. The summed E-state index contributed by atoms with van der Waals surface area (Å²) in [7, 11) is 0. The van der Waals surface area contributed by atoms with Gasteiger partial charge in [-0.1, -0.05) is 6.07 Å². The van der Waals surface area contributed by atoms with E-state index in [1.807, 2.05) is 32.9 Å². The second-order valence-electron chi connectivity index (χ2n) is 7.16. The number of nitrogens with zero attached hydrogens (tertiary/aromatic N) is 3. The van der Waals surface area contributed by atoms with Gasteiger partial charge in [-0.2, -0.15) is 0 Å². The molecule has 23 heavy (non-hydrogen) atoms. The van der Waals surface area contributed by atoms with Gasteiger partial charge >= 0.3 is 6.09 Å². The van der Waals surface area contributed by atoms with Gasteiger partial charge in [-0.05, 0) is 61.7 Å². The zero-order chi connectivity index (χ0) is 16.7. The molecule has 0 unspecified atom stereocenters. The van der Waals surface area contributed by atoms with Crippen molar-refractivity contribution in [3.8, 4) is 0 Å². The average Bonchev–Trinajstić information content (AvgIpc) is 3.30. The van der Waals surface area contributed by atoms with Crippen LogP contribution in [-0.2, 0) is 10.2 Å². The van der Waals surface area contributed by atoms with Crippen molar-refractivity contribution >= 4 is 27.7 Å². The van der Waals surface area contributed by atoms with E-state index in [1.165, 1.54) is 5.71 Å². The van der Waals surface area contributed by atoms with Crippen LogP contribution in [0.5, 0.6) is 0 Å². The number of ether oxygens (including phenoxy) is 1. The zero-order valence-corrected chi connectivity index (χ0v) is 15.4. The Morgan fingerprint density at radius 1 is 1.30 bits per heavy atom. The molecule has 0 radical (unpaired) electrons. The number of likely N-dealkylation sites (tertiary alicyclic amines) is 1. The molecule has 1 saturated heterocycles. The highest BCUT2D eigenvalue weighted by Gasteiger charge is 2.46. The van der Waals surface area contributed by atoms with Gasteiger partial charge in [0.05, 0.1) is 17.7 Å². The predicted octanol–water partition coefficient (Wildman–Crippen LogP) is 3.57. The van der Waals surface area contributed by atoms with Gasteiger partial charge in [0.1, 0.15) is 10.2 Å². The summed E-state index contributed by atoms with van der Waals surface area (Å²) in [5, 5.41) is 0. The van der Waals surface area contributed by atoms with Gasteiger partial charge < -0.3 is 9.64 Å². The normalized spacial score (nSPS) is 20.0. The summed E-state index contributed by atoms with van der Waals surface area (Å²) in [6, 6.07) is 6.01. The first-order chi connectivity index (χ1) is 10.8. The molecule has 1 amide bonds. The lowest BCUT2D eigenvalue weighted by Crippen LogP contribution is -2.49. The van der Waals surface area contributed by atoms with Gasteiger partial charge in [0.25, 0.3) is 0 Å². The van der Waals surface area contributed by atoms with Gasteiger partial charge in [0.2, 0.25) is 0 Å². The van der Waals surface area contributed by atoms with Gasteiger partial charge in [0, 0.05) is 18.8 Å². The monoisotopic (exact) mass is 379 g/mol. The minimum Gasteiger partial charge on any atom is -0.444 e. The number of carbonyl (C=O) groups is 1. The molecule has 2 aliphatic rings. The van der Waals surface area contributed by atoms with Crippen LogP contribution in [0.25, 0.3) is 0 Å². The van der Waals surface area contributed by atoms with E-state index in [9.17, 15) is 4.79 Å². The molecule has 5 nitrogen and oxygen atoms in total. The van der Waals surface area contributed by atoms with Crippen LogP contribution in [0, 0.1) is 0 Å². The highest BCUT2D eigenvalue weighted by molar-refractivity contribution is 9.10. The summed E-state index contributed by atoms with van der Waals surface area (Å²) in [4.78, 5) is 23.2. The van der Waals surface area contributed by atoms with E-state index in [1.54, 1.807) is 4.90 Å². The Morgan fingerprint density at radius 2 is 1.96 bits per heavy atom. The Morgan fingerprint density at radius 3 is 2.48 bits per heavy atom. The van der Waals surface area contributed by atoms with Crippen LogP contribution in [0.1, 0.15) is 39.3 Å². The van der Waals surface area contributed by atoms with Crippen LogP contribution in [0.2, 0.25) is 0 Å². The largest absolute Gasteiger partial charge is 0.444 e. The Hall–Kier alpha value is -1.43. The molecule has 3 rings (SSSR count). The van der Waals surface area contributed by atoms with Crippen LogP contribution >= 0.6 is 15.9 Å². The highest BCUT2D eigenvalue weighted by atomic mass is 79.9. The van der Waals surface area contributed by atoms with Gasteiger partial charge in [-0.25, -0.2) is 9.78 Å². The van der Waals surface area contributed by atoms with E-state index in [-0.39, 0.29) is 11.5 Å². The SMILES string of the molecule is CC(C)(C)OC(=O)N1CCC(C2=NC2)(c2cccc(Br)n2)CC1. The maximum Gasteiger partial charge on any atom is 0.410 e. The first kappa shape index (κ1) is 16.4. The first-order valence-corrected chi connectivity index (χ1v) is 8.74. The van der Waals surface area contributed by atoms with E-state index in [2.05, 4.69) is 32.0 Å². The molecule has 0 N–H and O–H groups in total. The minimum absolute atomic E-state index is 0.123. The molecule has 124 valence electrons. The Kier molecular flexibility index (Phi) is 4.21. The summed E-state index contributed by atoms with van der Waals surface area (Å²) in [5.41, 5.74) is 1.68. The highest BCUT2D eigenvalue weighted by Crippen LogP contribution is 2.40. The van der Waals surface area contributed by atoms with Crippen LogP contribution in [0.3, 0.4) is 0 Å². The van der Waals surface area contributed by atoms with E-state index < -0.39 is 5.60 Å². The van der Waals surface area contributed by atoms with Gasteiger partial charge in [-0.15, -0.1) is 0 Å². The topological polar surface area (TPSA) is 54.8 Å². The van der Waals surface area contributed by atoms with E-state index >= 15 is 0 Å². The number of hydrogen-bond donors (Lipinski definition) is 0. The molecule has 1 fully saturated rings. The quantitative estimate of drug-likeness (QED) is 0.738. The van der Waals surface area contributed by atoms with E-state index in [0.717, 1.165) is 29.7 Å². The molecular weight excluding hydrogens is 358 g/mol. The zero-order valence-electron chi connectivity index (χ0n) is 13.8. The van der Waals surface area contributed by atoms with Crippen LogP contribution in [0.15, 0.2) is 27.8 Å². The molecule has 0 atom stereocenters. The Balaban J connectivity index is 1.75. The van der Waals surface area contributed by atoms with Gasteiger partial charge in [0.15, 0.2) is 0 Å². The second-order valence-corrected chi connectivity index (χ2v) is 7.97. The van der Waals surface area contributed by atoms with Crippen molar-refractivity contribution in [3.63, 3.8) is 0 Å². The molecule has 0 bridgehead atoms. The number of piperidine rings is 1. The van der Waals surface area contributed by atoms with Crippen molar-refractivity contribution in [2.75, 3.05) is 19.6 Å². The summed E-state index contributed by atoms with van der Waals surface area (Å²) < 4.78 is 6.32. The number of carbonyl (C=O) groups excluding carboxylic acids is 1. The number of hydrogen-bond acceptors (Lipinski definition) is 4. The third kappa shape index (κ3) is 3.57. The van der Waals surface area contributed by atoms with Crippen molar-refractivity contribution < 1.29 is 9.53 Å². The number of aromatic nitrogens is 1. The maximum atomic E-state index is 12.3. The van der Waals surface area contributed by atoms with Crippen molar-refractivity contribution in [1.29, 1.82) is 0 Å². The number of pyridine rings is 1. The Labute approximate surface area is 145 Å². The first-order valence-electron chi connectivity index (χ1n) is 7.95. The minimum atomic E-state index is -0.460. The molecule has 0 aliphatic carbocycles. The average molecular weight is 380 g/mol. The number of rotatable bonds is 2. The van der Waals surface area contributed by atoms with E-state index in [0.29, 0.717) is 13.1 Å². The molecule has 1 aromatic heterocycles. The fraction of sp³-hybridized carbons (Fsp3) is 0.588. The van der Waals surface area contributed by atoms with Crippen molar-refractivity contribution in [2.24, 2.45) is 4.99 Å². The van der Waals surface area contributed by atoms with Crippen molar-refractivity contribution in [2.45, 2.75) is 44.6 Å². The third-order valence-corrected chi connectivity index (χ3v) is 4.78. The van der Waals surface area contributed by atoms with Crippen LogP contribution in [-0.4, -0.2) is 46.9 Å². The lowest BCUT2D eigenvalue weighted by molar-refractivity contribution is 0.0188. The number of aliphatic imine (C=N–C) groups is 1. The Bertz CT molecular complexity index is 643. The molecule has 3 heterocycles. The fourth-order valence-corrected chi connectivity index (χ4v) is 3.45. The molecule has 1 aromatic rings. The van der Waals surface area contributed by atoms with Crippen molar-refractivity contribution in [3.05, 3.63) is 28.5 Å². The number of halogens is 1. The third-order valence-electron chi connectivity index (χ3n) is 4.34. The standard InChI is InChI=1S/C17H22BrN3O2/c1-16(2,3)23-15(22)21-9-7-17(8-10-21,13-11-19-13)12-5-4-6-14(18)20-12/h4-6H,7-11H2,1-3H3. The molecule has 0 spiro atoms. The van der Waals surface area contributed by atoms with Crippen LogP contribution < -0.4 is 0 Å². The smallest absolute Gasteiger partial charge is 0.410 e. The molecule has 2 aliphatic heterocycles. The summed E-state index contributed by atoms with van der Waals surface area (Å²) in [6.45, 7) is 7.83. The fourth-order valence-electron chi connectivity index (χ4n) is 3.11. The van der Waals surface area contributed by atoms with Gasteiger partial charge in [-0.3, -0.25) is 4.99 Å². The summed E-state index contributed by atoms with van der Waals surface area (Å²) >= 11 is 3.46. The lowest BCUT2D eigenvalue weighted by Gasteiger charge is -2.40. The molecular formula is C17H22BrN3O2. The maximum absolute atomic E-state index is 12.3. The van der Waals surface area contributed by atoms with Crippen molar-refractivity contribution in [1.82, 2.24) is 9.88 Å². The van der Waals surface area contributed by atoms with E-state index in [4.69, 9.17) is 4.74 Å². The van der Waals surface area contributed by atoms with Crippen LogP contribution in [0.4, 0.5) is 4.79 Å². The lowest BCUT2D eigenvalue weighted by atomic mass is 9.73. The molecule has 0 saturated carbocycles. The number of amides is 1. The summed E-state index contributed by atoms with van der Waals surface area (Å²) in [5.74, 6) is 0. The predicted molar refractivity (Wildman–Crippen MR) is 93.0 cm³/mol. The molecule has 6 heteroatoms. The second kappa shape index (κ2) is 5.89. The molecule has 0 aromatic carbocycles.